The summed E-state index contributed by atoms with van der Waals surface area (Å²) in [5.41, 5.74) is 0. The number of carbonyl (C=O) groups is 1. The topological polar surface area (TPSA) is 74.8 Å². The highest BCUT2D eigenvalue weighted by molar-refractivity contribution is 14.0. The molecule has 0 aromatic carbocycles. The molecule has 0 bridgehead atoms. The van der Waals surface area contributed by atoms with Crippen LogP contribution in [0.25, 0.3) is 0 Å². The molecule has 2 atom stereocenters. The Morgan fingerprint density at radius 3 is 2.78 bits per heavy atom. The van der Waals surface area contributed by atoms with Gasteiger partial charge in [0.05, 0.1) is 6.61 Å². The summed E-state index contributed by atoms with van der Waals surface area (Å²) in [6, 6.07) is 0.445. The van der Waals surface area contributed by atoms with Gasteiger partial charge < -0.3 is 20.7 Å². The van der Waals surface area contributed by atoms with Crippen molar-refractivity contribution in [1.82, 2.24) is 16.0 Å². The maximum absolute atomic E-state index is 11.7. The first-order valence-electron chi connectivity index (χ1n) is 8.02. The van der Waals surface area contributed by atoms with E-state index in [1.807, 2.05) is 18.7 Å². The van der Waals surface area contributed by atoms with E-state index in [-0.39, 0.29) is 36.4 Å². The minimum atomic E-state index is -0.0834. The van der Waals surface area contributed by atoms with Gasteiger partial charge in [-0.2, -0.15) is 11.8 Å². The summed E-state index contributed by atoms with van der Waals surface area (Å²) in [4.78, 5) is 16.1. The number of methoxy groups -OCH3 is 1. The monoisotopic (exact) mass is 458 g/mol. The van der Waals surface area contributed by atoms with Crippen LogP contribution in [0.5, 0.6) is 0 Å². The van der Waals surface area contributed by atoms with Crippen LogP contribution in [0, 0.1) is 0 Å². The van der Waals surface area contributed by atoms with E-state index >= 15 is 0 Å². The molecule has 1 rings (SSSR count). The number of halogens is 1. The van der Waals surface area contributed by atoms with E-state index in [2.05, 4.69) is 27.2 Å². The molecule has 1 saturated carbocycles. The van der Waals surface area contributed by atoms with Crippen LogP contribution in [0.4, 0.5) is 0 Å². The summed E-state index contributed by atoms with van der Waals surface area (Å²) in [5.74, 6) is 0.649. The minimum absolute atomic E-state index is 0. The van der Waals surface area contributed by atoms with Gasteiger partial charge in [-0.15, -0.1) is 24.0 Å². The van der Waals surface area contributed by atoms with Crippen molar-refractivity contribution in [1.29, 1.82) is 0 Å². The zero-order valence-corrected chi connectivity index (χ0v) is 17.5. The van der Waals surface area contributed by atoms with Gasteiger partial charge in [-0.25, -0.2) is 4.99 Å². The van der Waals surface area contributed by atoms with Crippen molar-refractivity contribution in [2.24, 2.45) is 4.99 Å². The lowest BCUT2D eigenvalue weighted by molar-refractivity contribution is -0.119. The molecule has 0 aromatic rings. The zero-order valence-electron chi connectivity index (χ0n) is 14.4. The molecule has 0 spiro atoms. The molecule has 0 heterocycles. The number of nitrogens with one attached hydrogen (secondary N) is 3. The first-order chi connectivity index (χ1) is 10.7. The van der Waals surface area contributed by atoms with Crippen molar-refractivity contribution < 1.29 is 9.53 Å². The van der Waals surface area contributed by atoms with Crippen LogP contribution in [0.1, 0.15) is 32.6 Å². The highest BCUT2D eigenvalue weighted by Gasteiger charge is 2.21. The number of ether oxygens (including phenoxy) is 1. The average Bonchev–Trinajstić information content (AvgIpc) is 2.53. The molecule has 8 heteroatoms. The van der Waals surface area contributed by atoms with Gasteiger partial charge in [0.15, 0.2) is 5.96 Å². The number of thioether (sulfide) groups is 1. The quantitative estimate of drug-likeness (QED) is 0.223. The Labute approximate surface area is 161 Å². The Morgan fingerprint density at radius 1 is 1.35 bits per heavy atom. The van der Waals surface area contributed by atoms with Gasteiger partial charge in [0.2, 0.25) is 5.91 Å². The zero-order chi connectivity index (χ0) is 16.2. The third kappa shape index (κ3) is 10.3. The molecule has 0 aromatic heterocycles. The lowest BCUT2D eigenvalue weighted by atomic mass is 9.95. The molecule has 136 valence electrons. The summed E-state index contributed by atoms with van der Waals surface area (Å²) in [5, 5.41) is 10.2. The maximum atomic E-state index is 11.7. The van der Waals surface area contributed by atoms with E-state index in [9.17, 15) is 4.79 Å². The van der Waals surface area contributed by atoms with Crippen LogP contribution < -0.4 is 16.0 Å². The fourth-order valence-corrected chi connectivity index (χ4v) is 3.33. The largest absolute Gasteiger partial charge is 0.383 e. The molecule has 6 nitrogen and oxygen atoms in total. The van der Waals surface area contributed by atoms with Crippen LogP contribution in [0.15, 0.2) is 4.99 Å². The first-order valence-corrected chi connectivity index (χ1v) is 9.31. The molecule has 2 unspecified atom stereocenters. The fraction of sp³-hybridized carbons (Fsp3) is 0.867. The number of carbonyl (C=O) groups excluding carboxylic acids is 1. The molecule has 23 heavy (non-hydrogen) atoms. The molecule has 0 saturated heterocycles. The number of aliphatic imine (C=N–C) groups is 1. The summed E-state index contributed by atoms with van der Waals surface area (Å²) >= 11 is 1.94. The van der Waals surface area contributed by atoms with Crippen molar-refractivity contribution in [3.8, 4) is 0 Å². The van der Waals surface area contributed by atoms with Crippen molar-refractivity contribution >= 4 is 47.6 Å². The molecule has 0 radical (unpaired) electrons. The number of hydrogen-bond acceptors (Lipinski definition) is 4. The third-order valence-corrected chi connectivity index (χ3v) is 4.75. The van der Waals surface area contributed by atoms with E-state index in [1.165, 1.54) is 19.3 Å². The number of rotatable bonds is 8. The number of guanidine groups is 1. The predicted octanol–water partition coefficient (Wildman–Crippen LogP) is 1.60. The maximum Gasteiger partial charge on any atom is 0.241 e. The fourth-order valence-electron chi connectivity index (χ4n) is 2.50. The highest BCUT2D eigenvalue weighted by Crippen LogP contribution is 2.26. The molecular formula is C15H31IN4O2S. The van der Waals surface area contributed by atoms with Crippen LogP contribution >= 0.6 is 35.7 Å². The lowest BCUT2D eigenvalue weighted by Crippen LogP contribution is -2.46. The van der Waals surface area contributed by atoms with E-state index in [1.54, 1.807) is 7.11 Å². The highest BCUT2D eigenvalue weighted by atomic mass is 127. The minimum Gasteiger partial charge on any atom is -0.383 e. The van der Waals surface area contributed by atoms with E-state index in [0.29, 0.717) is 19.2 Å². The number of amides is 1. The smallest absolute Gasteiger partial charge is 0.241 e. The Morgan fingerprint density at radius 2 is 2.13 bits per heavy atom. The molecule has 1 amide bonds. The lowest BCUT2D eigenvalue weighted by Gasteiger charge is -2.29. The van der Waals surface area contributed by atoms with Crippen LogP contribution in [0.2, 0.25) is 0 Å². The SMILES string of the molecule is CCNC(=NCC(=O)NCCOC)NC1CCCC(SC)C1.I. The van der Waals surface area contributed by atoms with Crippen molar-refractivity contribution in [2.75, 3.05) is 39.6 Å². The van der Waals surface area contributed by atoms with Gasteiger partial charge in [-0.3, -0.25) is 4.79 Å². The third-order valence-electron chi connectivity index (χ3n) is 3.65. The second kappa shape index (κ2) is 14.2. The van der Waals surface area contributed by atoms with Gasteiger partial charge in [0.1, 0.15) is 6.54 Å². The Bertz CT molecular complexity index is 358. The van der Waals surface area contributed by atoms with Crippen molar-refractivity contribution in [2.45, 2.75) is 43.9 Å². The molecule has 1 fully saturated rings. The predicted molar refractivity (Wildman–Crippen MR) is 109 cm³/mol. The van der Waals surface area contributed by atoms with E-state index in [0.717, 1.165) is 24.2 Å². The van der Waals surface area contributed by atoms with Gasteiger partial charge >= 0.3 is 0 Å². The van der Waals surface area contributed by atoms with Crippen LogP contribution in [-0.4, -0.2) is 62.8 Å². The standard InChI is InChI=1S/C15H30N4O2S.HI/c1-4-16-15(18-11-14(20)17-8-9-21-2)19-12-6-5-7-13(10-12)22-3;/h12-13H,4-11H2,1-3H3,(H,17,20)(H2,16,18,19);1H. The van der Waals surface area contributed by atoms with Gasteiger partial charge in [0, 0.05) is 31.5 Å². The van der Waals surface area contributed by atoms with Crippen LogP contribution in [0.3, 0.4) is 0 Å². The van der Waals surface area contributed by atoms with Crippen molar-refractivity contribution in [3.63, 3.8) is 0 Å². The molecule has 3 N–H and O–H groups in total. The van der Waals surface area contributed by atoms with Gasteiger partial charge in [0.25, 0.3) is 0 Å². The summed E-state index contributed by atoms with van der Waals surface area (Å²) < 4.78 is 4.90. The first kappa shape index (κ1) is 22.8. The Hall–Kier alpha value is -0.220. The molecule has 1 aliphatic rings. The van der Waals surface area contributed by atoms with E-state index < -0.39 is 0 Å². The normalized spacial score (nSPS) is 21.3. The average molecular weight is 458 g/mol. The molecular weight excluding hydrogens is 427 g/mol. The second-order valence-electron chi connectivity index (χ2n) is 5.40. The molecule has 1 aliphatic carbocycles. The summed E-state index contributed by atoms with van der Waals surface area (Å²) in [6.07, 6.45) is 7.05. The molecule has 0 aliphatic heterocycles. The van der Waals surface area contributed by atoms with Crippen LogP contribution in [-0.2, 0) is 9.53 Å². The Kier molecular flexibility index (Phi) is 14.0. The summed E-state index contributed by atoms with van der Waals surface area (Å²) in [7, 11) is 1.61. The number of nitrogens with zero attached hydrogens (tertiary/aromatic N) is 1. The second-order valence-corrected chi connectivity index (χ2v) is 6.54. The Balaban J connectivity index is 0.00000484. The van der Waals surface area contributed by atoms with Gasteiger partial charge in [-0.05, 0) is 32.4 Å². The van der Waals surface area contributed by atoms with Crippen molar-refractivity contribution in [3.05, 3.63) is 0 Å². The van der Waals surface area contributed by atoms with Gasteiger partial charge in [-0.1, -0.05) is 6.42 Å². The number of hydrogen-bond donors (Lipinski definition) is 3. The van der Waals surface area contributed by atoms with E-state index in [4.69, 9.17) is 4.74 Å². The summed E-state index contributed by atoms with van der Waals surface area (Å²) in [6.45, 7) is 3.99.